The van der Waals surface area contributed by atoms with E-state index in [2.05, 4.69) is 50.0 Å². The number of hydrogen-bond acceptors (Lipinski definition) is 2. The van der Waals surface area contributed by atoms with Crippen LogP contribution in [0.2, 0.25) is 0 Å². The van der Waals surface area contributed by atoms with E-state index in [9.17, 15) is 0 Å². The molecule has 1 atom stereocenters. The van der Waals surface area contributed by atoms with Crippen molar-refractivity contribution in [2.45, 2.75) is 117 Å². The van der Waals surface area contributed by atoms with Gasteiger partial charge in [-0.2, -0.15) is 0 Å². The van der Waals surface area contributed by atoms with E-state index in [1.807, 2.05) is 0 Å². The summed E-state index contributed by atoms with van der Waals surface area (Å²) < 4.78 is 0. The summed E-state index contributed by atoms with van der Waals surface area (Å²) in [6, 6.07) is 0. The summed E-state index contributed by atoms with van der Waals surface area (Å²) in [4.78, 5) is 4.89. The second kappa shape index (κ2) is 14.5. The predicted molar refractivity (Wildman–Crippen MR) is 113 cm³/mol. The van der Waals surface area contributed by atoms with Crippen molar-refractivity contribution >= 4 is 0 Å². The first-order valence-electron chi connectivity index (χ1n) is 11.3. The predicted octanol–water partition coefficient (Wildman–Crippen LogP) is 7.17. The van der Waals surface area contributed by atoms with Gasteiger partial charge in [0.25, 0.3) is 0 Å². The molecule has 0 bridgehead atoms. The molecule has 0 saturated heterocycles. The molecule has 1 aliphatic rings. The molecule has 1 heterocycles. The lowest BCUT2D eigenvalue weighted by Gasteiger charge is -2.33. The fourth-order valence-corrected chi connectivity index (χ4v) is 4.15. The van der Waals surface area contributed by atoms with Crippen molar-refractivity contribution in [1.82, 2.24) is 9.80 Å². The van der Waals surface area contributed by atoms with Crippen LogP contribution < -0.4 is 0 Å². The van der Waals surface area contributed by atoms with Crippen molar-refractivity contribution in [3.63, 3.8) is 0 Å². The Hall–Kier alpha value is -0.660. The molecule has 0 radical (unpaired) electrons. The molecule has 25 heavy (non-hydrogen) atoms. The Morgan fingerprint density at radius 3 is 1.56 bits per heavy atom. The molecule has 0 fully saturated rings. The van der Waals surface area contributed by atoms with E-state index >= 15 is 0 Å². The van der Waals surface area contributed by atoms with Crippen LogP contribution in [0.25, 0.3) is 0 Å². The van der Waals surface area contributed by atoms with Crippen LogP contribution in [-0.4, -0.2) is 29.6 Å². The Kier molecular flexibility index (Phi) is 13.0. The standard InChI is InChI=1S/C23H46N2/c1-5-6-7-8-9-10-11-12-13-14-15-16-17-18-19-25-21-20-24(4)23(25)22(2)3/h20-23H,5-19H2,1-4H3. The average Bonchev–Trinajstić information content (AvgIpc) is 2.96. The van der Waals surface area contributed by atoms with Crippen molar-refractivity contribution < 1.29 is 0 Å². The molecular weight excluding hydrogens is 304 g/mol. The van der Waals surface area contributed by atoms with Gasteiger partial charge in [-0.1, -0.05) is 104 Å². The van der Waals surface area contributed by atoms with Gasteiger partial charge in [-0.3, -0.25) is 0 Å². The van der Waals surface area contributed by atoms with Gasteiger partial charge in [0.2, 0.25) is 0 Å². The summed E-state index contributed by atoms with van der Waals surface area (Å²) in [6.45, 7) is 8.17. The molecule has 0 spiro atoms. The lowest BCUT2D eigenvalue weighted by molar-refractivity contribution is 0.125. The second-order valence-corrected chi connectivity index (χ2v) is 8.46. The zero-order valence-electron chi connectivity index (χ0n) is 17.8. The summed E-state index contributed by atoms with van der Waals surface area (Å²) in [5.41, 5.74) is 0. The van der Waals surface area contributed by atoms with E-state index in [0.29, 0.717) is 12.1 Å². The first-order valence-corrected chi connectivity index (χ1v) is 11.3. The summed E-state index contributed by atoms with van der Waals surface area (Å²) in [6.07, 6.45) is 25.2. The highest BCUT2D eigenvalue weighted by Gasteiger charge is 2.25. The highest BCUT2D eigenvalue weighted by molar-refractivity contribution is 4.96. The van der Waals surface area contributed by atoms with Gasteiger partial charge in [-0.15, -0.1) is 0 Å². The lowest BCUT2D eigenvalue weighted by Crippen LogP contribution is -2.41. The molecule has 0 aromatic heterocycles. The molecule has 1 rings (SSSR count). The lowest BCUT2D eigenvalue weighted by atomic mass is 10.0. The minimum atomic E-state index is 0.571. The maximum Gasteiger partial charge on any atom is 0.103 e. The molecule has 0 aliphatic carbocycles. The number of unbranched alkanes of at least 4 members (excludes halogenated alkanes) is 13. The van der Waals surface area contributed by atoms with Gasteiger partial charge in [0, 0.05) is 26.0 Å². The van der Waals surface area contributed by atoms with Crippen LogP contribution in [0.1, 0.15) is 111 Å². The molecule has 2 nitrogen and oxygen atoms in total. The molecule has 0 aromatic carbocycles. The minimum absolute atomic E-state index is 0.571. The van der Waals surface area contributed by atoms with Gasteiger partial charge in [0.05, 0.1) is 0 Å². The number of nitrogens with zero attached hydrogens (tertiary/aromatic N) is 2. The van der Waals surface area contributed by atoms with Gasteiger partial charge in [0.15, 0.2) is 0 Å². The third-order valence-electron chi connectivity index (χ3n) is 5.62. The third-order valence-corrected chi connectivity index (χ3v) is 5.62. The molecule has 2 heteroatoms. The van der Waals surface area contributed by atoms with E-state index in [1.165, 1.54) is 96.4 Å². The smallest absolute Gasteiger partial charge is 0.103 e. The Balaban J connectivity index is 1.84. The highest BCUT2D eigenvalue weighted by atomic mass is 15.4. The Bertz CT molecular complexity index is 324. The van der Waals surface area contributed by atoms with Crippen molar-refractivity contribution in [3.8, 4) is 0 Å². The van der Waals surface area contributed by atoms with Crippen LogP contribution in [0, 0.1) is 5.92 Å². The van der Waals surface area contributed by atoms with Crippen molar-refractivity contribution in [1.29, 1.82) is 0 Å². The topological polar surface area (TPSA) is 6.48 Å². The third kappa shape index (κ3) is 10.2. The van der Waals surface area contributed by atoms with Crippen molar-refractivity contribution in [3.05, 3.63) is 12.4 Å². The molecule has 0 saturated carbocycles. The van der Waals surface area contributed by atoms with Crippen LogP contribution in [0.4, 0.5) is 0 Å². The van der Waals surface area contributed by atoms with E-state index in [0.717, 1.165) is 0 Å². The van der Waals surface area contributed by atoms with E-state index in [-0.39, 0.29) is 0 Å². The zero-order valence-corrected chi connectivity index (χ0v) is 17.8. The van der Waals surface area contributed by atoms with Crippen molar-refractivity contribution in [2.24, 2.45) is 5.92 Å². The molecule has 0 aromatic rings. The molecule has 0 amide bonds. The highest BCUT2D eigenvalue weighted by Crippen LogP contribution is 2.21. The molecule has 148 valence electrons. The summed E-state index contributed by atoms with van der Waals surface area (Å²) in [5.74, 6) is 0.687. The monoisotopic (exact) mass is 350 g/mol. The Morgan fingerprint density at radius 2 is 1.12 bits per heavy atom. The van der Waals surface area contributed by atoms with Crippen LogP contribution >= 0.6 is 0 Å². The minimum Gasteiger partial charge on any atom is -0.359 e. The Morgan fingerprint density at radius 1 is 0.680 bits per heavy atom. The van der Waals surface area contributed by atoms with Crippen molar-refractivity contribution in [2.75, 3.05) is 13.6 Å². The molecule has 0 N–H and O–H groups in total. The first kappa shape index (κ1) is 22.4. The molecule has 1 aliphatic heterocycles. The molecular formula is C23H46N2. The number of rotatable bonds is 16. The van der Waals surface area contributed by atoms with Gasteiger partial charge in [-0.05, 0) is 12.3 Å². The summed E-state index contributed by atoms with van der Waals surface area (Å²) >= 11 is 0. The van der Waals surface area contributed by atoms with Gasteiger partial charge >= 0.3 is 0 Å². The second-order valence-electron chi connectivity index (χ2n) is 8.46. The van der Waals surface area contributed by atoms with Gasteiger partial charge < -0.3 is 9.80 Å². The fourth-order valence-electron chi connectivity index (χ4n) is 4.15. The van der Waals surface area contributed by atoms with Gasteiger partial charge in [-0.25, -0.2) is 0 Å². The van der Waals surface area contributed by atoms with Crippen LogP contribution in [0.3, 0.4) is 0 Å². The summed E-state index contributed by atoms with van der Waals surface area (Å²) in [5, 5.41) is 0. The molecule has 1 unspecified atom stereocenters. The quantitative estimate of drug-likeness (QED) is 0.272. The van der Waals surface area contributed by atoms with E-state index < -0.39 is 0 Å². The normalized spacial score (nSPS) is 17.2. The maximum absolute atomic E-state index is 2.53. The largest absolute Gasteiger partial charge is 0.359 e. The van der Waals surface area contributed by atoms with Crippen LogP contribution in [0.15, 0.2) is 12.4 Å². The van der Waals surface area contributed by atoms with E-state index in [1.54, 1.807) is 0 Å². The zero-order chi connectivity index (χ0) is 18.3. The fraction of sp³-hybridized carbons (Fsp3) is 0.913. The summed E-state index contributed by atoms with van der Waals surface area (Å²) in [7, 11) is 2.20. The van der Waals surface area contributed by atoms with Crippen LogP contribution in [0.5, 0.6) is 0 Å². The Labute approximate surface area is 159 Å². The van der Waals surface area contributed by atoms with Crippen LogP contribution in [-0.2, 0) is 0 Å². The maximum atomic E-state index is 2.53. The SMILES string of the molecule is CCCCCCCCCCCCCCCCN1C=CN(C)C1C(C)C. The average molecular weight is 351 g/mol. The van der Waals surface area contributed by atoms with Gasteiger partial charge in [0.1, 0.15) is 6.17 Å². The van der Waals surface area contributed by atoms with E-state index in [4.69, 9.17) is 0 Å². The number of hydrogen-bond donors (Lipinski definition) is 0. The first-order chi connectivity index (χ1) is 12.2.